The van der Waals surface area contributed by atoms with E-state index >= 15 is 0 Å². The quantitative estimate of drug-likeness (QED) is 0.538. The summed E-state index contributed by atoms with van der Waals surface area (Å²) in [7, 11) is 3.71. The predicted octanol–water partition coefficient (Wildman–Crippen LogP) is 5.00. The number of fused-ring (bicyclic) bond motifs is 1. The first-order valence-corrected chi connectivity index (χ1v) is 11.7. The summed E-state index contributed by atoms with van der Waals surface area (Å²) < 4.78 is 47.1. The van der Waals surface area contributed by atoms with Crippen molar-refractivity contribution < 1.29 is 27.5 Å². The first-order valence-electron chi connectivity index (χ1n) is 11.7. The van der Waals surface area contributed by atoms with Gasteiger partial charge in [0.25, 0.3) is 0 Å². The number of benzene rings is 2. The van der Waals surface area contributed by atoms with Crippen LogP contribution in [0.3, 0.4) is 0 Å². The zero-order valence-corrected chi connectivity index (χ0v) is 21.1. The number of likely N-dealkylation sites (N-methyl/N-ethyl adjacent to an activating group) is 1. The van der Waals surface area contributed by atoms with Crippen LogP contribution in [-0.2, 0) is 9.57 Å². The van der Waals surface area contributed by atoms with E-state index in [1.807, 2.05) is 48.6 Å². The summed E-state index contributed by atoms with van der Waals surface area (Å²) in [5, 5.41) is 4.27. The minimum absolute atomic E-state index is 0.0308. The van der Waals surface area contributed by atoms with Crippen molar-refractivity contribution in [2.45, 2.75) is 25.5 Å². The van der Waals surface area contributed by atoms with Crippen molar-refractivity contribution in [2.24, 2.45) is 10.1 Å². The topological polar surface area (TPSA) is 58.9 Å². The van der Waals surface area contributed by atoms with E-state index in [4.69, 9.17) is 14.3 Å². The molecule has 0 N–H and O–H groups in total. The Morgan fingerprint density at radius 1 is 1.14 bits per heavy atom. The lowest BCUT2D eigenvalue weighted by Crippen LogP contribution is -2.57. The van der Waals surface area contributed by atoms with Crippen molar-refractivity contribution in [1.29, 1.82) is 0 Å². The molecule has 5 rings (SSSR count). The minimum atomic E-state index is -1.42. The largest absolute Gasteiger partial charge is 0.495 e. The maximum absolute atomic E-state index is 12.0. The molecule has 7 nitrogen and oxygen atoms in total. The summed E-state index contributed by atoms with van der Waals surface area (Å²) in [6.07, 6.45) is 7.84. The lowest BCUT2D eigenvalue weighted by molar-refractivity contribution is -0.0284. The minimum Gasteiger partial charge on any atom is -0.495 e. The molecule has 0 aromatic heterocycles. The fourth-order valence-electron chi connectivity index (χ4n) is 4.06. The summed E-state index contributed by atoms with van der Waals surface area (Å²) in [4.78, 5) is 14.1. The van der Waals surface area contributed by atoms with Gasteiger partial charge in [0.15, 0.2) is 29.4 Å². The third-order valence-corrected chi connectivity index (χ3v) is 6.46. The van der Waals surface area contributed by atoms with Crippen LogP contribution in [0, 0.1) is 17.5 Å². The van der Waals surface area contributed by atoms with Gasteiger partial charge in [-0.05, 0) is 55.3 Å². The van der Waals surface area contributed by atoms with Crippen LogP contribution in [0.15, 0.2) is 64.4 Å². The highest BCUT2D eigenvalue weighted by molar-refractivity contribution is 5.97. The second-order valence-corrected chi connectivity index (χ2v) is 9.11. The number of aliphatic imine (C=N–C) groups is 1. The van der Waals surface area contributed by atoms with Gasteiger partial charge in [-0.15, -0.1) is 0 Å². The third-order valence-electron chi connectivity index (χ3n) is 6.46. The average Bonchev–Trinajstić information content (AvgIpc) is 3.29. The van der Waals surface area contributed by atoms with Gasteiger partial charge in [0.05, 0.1) is 38.9 Å². The number of ether oxygens (including phenoxy) is 2. The lowest BCUT2D eigenvalue weighted by atomic mass is 9.95. The SMILES string of the molecule is COc1cc(/C=C/C2=NOC3COC[C@@]3(C)N2C)ccc1N1C=NCC(C)=C1.Fc1cccc(F)c1F. The molecule has 0 saturated carbocycles. The maximum Gasteiger partial charge on any atom is 0.194 e. The number of methoxy groups -OCH3 is 1. The van der Waals surface area contributed by atoms with E-state index in [-0.39, 0.29) is 11.6 Å². The van der Waals surface area contributed by atoms with Gasteiger partial charge in [-0.1, -0.05) is 23.4 Å². The average molecular weight is 515 g/mol. The van der Waals surface area contributed by atoms with Crippen LogP contribution < -0.4 is 9.64 Å². The number of hydrogen-bond acceptors (Lipinski definition) is 7. The molecule has 0 aliphatic carbocycles. The number of rotatable bonds is 4. The predicted molar refractivity (Wildman–Crippen MR) is 137 cm³/mol. The van der Waals surface area contributed by atoms with Crippen LogP contribution in [0.1, 0.15) is 19.4 Å². The molecule has 37 heavy (non-hydrogen) atoms. The molecule has 0 bridgehead atoms. The number of nitrogens with zero attached hydrogens (tertiary/aromatic N) is 4. The Bertz CT molecular complexity index is 1240. The van der Waals surface area contributed by atoms with E-state index in [0.717, 1.165) is 47.6 Å². The molecule has 2 aromatic carbocycles. The zero-order valence-electron chi connectivity index (χ0n) is 21.1. The number of hydrogen-bond donors (Lipinski definition) is 0. The smallest absolute Gasteiger partial charge is 0.194 e. The Morgan fingerprint density at radius 2 is 1.89 bits per heavy atom. The first kappa shape index (κ1) is 26.3. The molecule has 0 amide bonds. The molecule has 0 spiro atoms. The van der Waals surface area contributed by atoms with E-state index in [1.54, 1.807) is 7.11 Å². The Balaban J connectivity index is 0.000000301. The summed E-state index contributed by atoms with van der Waals surface area (Å²) >= 11 is 0. The third kappa shape index (κ3) is 5.64. The molecule has 3 heterocycles. The van der Waals surface area contributed by atoms with E-state index < -0.39 is 17.5 Å². The van der Waals surface area contributed by atoms with Gasteiger partial charge in [0, 0.05) is 13.2 Å². The molecule has 3 aliphatic heterocycles. The van der Waals surface area contributed by atoms with Crippen LogP contribution in [0.5, 0.6) is 5.75 Å². The Labute approximate surface area is 214 Å². The zero-order chi connectivity index (χ0) is 26.6. The normalized spacial score (nSPS) is 22.6. The molecule has 3 aliphatic rings. The molecule has 2 atom stereocenters. The Hall–Kier alpha value is -3.79. The van der Waals surface area contributed by atoms with Crippen LogP contribution >= 0.6 is 0 Å². The van der Waals surface area contributed by atoms with Gasteiger partial charge in [0.1, 0.15) is 11.3 Å². The number of amidine groups is 1. The highest BCUT2D eigenvalue weighted by Gasteiger charge is 2.48. The first-order chi connectivity index (χ1) is 17.7. The van der Waals surface area contributed by atoms with Crippen molar-refractivity contribution in [1.82, 2.24) is 4.90 Å². The van der Waals surface area contributed by atoms with Gasteiger partial charge < -0.3 is 24.1 Å². The van der Waals surface area contributed by atoms with Gasteiger partial charge in [-0.3, -0.25) is 4.99 Å². The molecule has 2 aromatic rings. The van der Waals surface area contributed by atoms with Crippen LogP contribution in [0.2, 0.25) is 0 Å². The number of oxime groups is 1. The van der Waals surface area contributed by atoms with Crippen LogP contribution in [0.4, 0.5) is 18.9 Å². The van der Waals surface area contributed by atoms with Crippen molar-refractivity contribution in [3.05, 3.63) is 77.3 Å². The van der Waals surface area contributed by atoms with E-state index in [2.05, 4.69) is 35.1 Å². The maximum atomic E-state index is 12.0. The fraction of sp³-hybridized carbons (Fsp3) is 0.333. The van der Waals surface area contributed by atoms with Gasteiger partial charge in [-0.2, -0.15) is 0 Å². The molecule has 1 fully saturated rings. The van der Waals surface area contributed by atoms with Gasteiger partial charge in [-0.25, -0.2) is 13.2 Å². The summed E-state index contributed by atoms with van der Waals surface area (Å²) in [5.74, 6) is -2.18. The second-order valence-electron chi connectivity index (χ2n) is 9.11. The Kier molecular flexibility index (Phi) is 7.87. The summed E-state index contributed by atoms with van der Waals surface area (Å²) in [5.41, 5.74) is 2.98. The molecule has 10 heteroatoms. The molecular weight excluding hydrogens is 485 g/mol. The molecular formula is C27H29F3N4O3. The van der Waals surface area contributed by atoms with Crippen molar-refractivity contribution >= 4 is 23.9 Å². The van der Waals surface area contributed by atoms with E-state index in [1.165, 1.54) is 5.57 Å². The number of anilines is 1. The molecule has 1 saturated heterocycles. The van der Waals surface area contributed by atoms with Crippen molar-refractivity contribution in [2.75, 3.05) is 38.8 Å². The standard InChI is InChI=1S/C21H26N4O3.C6H3F3/c1-15-10-22-14-25(11-15)17-7-5-16(9-18(17)26-4)6-8-20-23-28-19-12-27-13-21(19,2)24(20)3;7-4-2-1-3-5(8)6(4)9/h5-9,11,14,19H,10,12-13H2,1-4H3;1-3H/b8-6+;/t19?,21-;/m1./s1. The van der Waals surface area contributed by atoms with Crippen LogP contribution in [0.25, 0.3) is 6.08 Å². The molecule has 196 valence electrons. The van der Waals surface area contributed by atoms with Gasteiger partial charge in [0.2, 0.25) is 0 Å². The summed E-state index contributed by atoms with van der Waals surface area (Å²) in [6, 6.07) is 8.91. The highest BCUT2D eigenvalue weighted by atomic mass is 19.2. The van der Waals surface area contributed by atoms with Gasteiger partial charge >= 0.3 is 0 Å². The highest BCUT2D eigenvalue weighted by Crippen LogP contribution is 2.33. The lowest BCUT2D eigenvalue weighted by Gasteiger charge is -2.41. The summed E-state index contributed by atoms with van der Waals surface area (Å²) in [6.45, 7) is 6.15. The van der Waals surface area contributed by atoms with Crippen LogP contribution in [-0.4, -0.2) is 62.6 Å². The Morgan fingerprint density at radius 3 is 2.57 bits per heavy atom. The van der Waals surface area contributed by atoms with E-state index in [9.17, 15) is 13.2 Å². The molecule has 0 radical (unpaired) electrons. The fourth-order valence-corrected chi connectivity index (χ4v) is 4.06. The monoisotopic (exact) mass is 514 g/mol. The molecule has 1 unspecified atom stereocenters. The number of halogens is 3. The second kappa shape index (κ2) is 11.1. The van der Waals surface area contributed by atoms with Crippen molar-refractivity contribution in [3.8, 4) is 5.75 Å². The van der Waals surface area contributed by atoms with E-state index in [0.29, 0.717) is 13.2 Å². The van der Waals surface area contributed by atoms with Crippen molar-refractivity contribution in [3.63, 3.8) is 0 Å².